The number of rotatable bonds is 5. The fourth-order valence-corrected chi connectivity index (χ4v) is 1.88. The van der Waals surface area contributed by atoms with E-state index in [0.29, 0.717) is 12.2 Å². The van der Waals surface area contributed by atoms with Crippen molar-refractivity contribution in [2.24, 2.45) is 5.73 Å². The van der Waals surface area contributed by atoms with Crippen LogP contribution in [0.25, 0.3) is 0 Å². The highest BCUT2D eigenvalue weighted by molar-refractivity contribution is 7.89. The van der Waals surface area contributed by atoms with Crippen molar-refractivity contribution in [2.45, 2.75) is 31.6 Å². The number of hydrogen-bond donors (Lipinski definition) is 1. The van der Waals surface area contributed by atoms with E-state index < -0.39 is 9.84 Å². The molecule has 0 aliphatic heterocycles. The van der Waals surface area contributed by atoms with E-state index in [2.05, 4.69) is 9.97 Å². The highest BCUT2D eigenvalue weighted by Gasteiger charge is 2.09. The summed E-state index contributed by atoms with van der Waals surface area (Å²) in [4.78, 5) is 8.10. The Kier molecular flexibility index (Phi) is 4.37. The SMILES string of the molecule is CCC(N)Cc1ccnc(CS(C)(=O)=O)n1. The Labute approximate surface area is 96.0 Å². The van der Waals surface area contributed by atoms with Crippen molar-refractivity contribution in [2.75, 3.05) is 6.26 Å². The Hall–Kier alpha value is -1.01. The zero-order chi connectivity index (χ0) is 12.2. The molecule has 0 bridgehead atoms. The second-order valence-electron chi connectivity index (χ2n) is 3.91. The van der Waals surface area contributed by atoms with Crippen LogP contribution in [0.3, 0.4) is 0 Å². The first kappa shape index (κ1) is 13.1. The molecule has 1 aromatic rings. The van der Waals surface area contributed by atoms with Crippen molar-refractivity contribution in [3.05, 3.63) is 23.8 Å². The molecule has 0 aromatic carbocycles. The van der Waals surface area contributed by atoms with Crippen LogP contribution in [0.15, 0.2) is 12.3 Å². The second kappa shape index (κ2) is 5.36. The lowest BCUT2D eigenvalue weighted by Crippen LogP contribution is -2.22. The van der Waals surface area contributed by atoms with Crippen molar-refractivity contribution < 1.29 is 8.42 Å². The Morgan fingerprint density at radius 2 is 2.19 bits per heavy atom. The molecule has 1 unspecified atom stereocenters. The predicted octanol–water partition coefficient (Wildman–Crippen LogP) is 0.301. The van der Waals surface area contributed by atoms with Crippen LogP contribution in [-0.4, -0.2) is 30.7 Å². The largest absolute Gasteiger partial charge is 0.327 e. The van der Waals surface area contributed by atoms with E-state index in [4.69, 9.17) is 5.73 Å². The van der Waals surface area contributed by atoms with Crippen molar-refractivity contribution in [1.29, 1.82) is 0 Å². The van der Waals surface area contributed by atoms with Crippen LogP contribution in [0.1, 0.15) is 24.9 Å². The van der Waals surface area contributed by atoms with Gasteiger partial charge < -0.3 is 5.73 Å². The molecule has 0 saturated carbocycles. The zero-order valence-corrected chi connectivity index (χ0v) is 10.4. The lowest BCUT2D eigenvalue weighted by atomic mass is 10.1. The Balaban J connectivity index is 2.79. The molecular formula is C10H17N3O2S. The smallest absolute Gasteiger partial charge is 0.154 e. The van der Waals surface area contributed by atoms with Crippen molar-refractivity contribution >= 4 is 9.84 Å². The minimum atomic E-state index is -3.08. The summed E-state index contributed by atoms with van der Waals surface area (Å²) in [5.74, 6) is 0.214. The average Bonchev–Trinajstić information content (AvgIpc) is 2.15. The van der Waals surface area contributed by atoms with Crippen LogP contribution in [0.4, 0.5) is 0 Å². The Bertz CT molecular complexity index is 445. The summed E-state index contributed by atoms with van der Waals surface area (Å²) >= 11 is 0. The summed E-state index contributed by atoms with van der Waals surface area (Å²) in [5, 5.41) is 0. The molecule has 0 spiro atoms. The summed E-state index contributed by atoms with van der Waals surface area (Å²) in [6, 6.07) is 1.82. The van der Waals surface area contributed by atoms with Gasteiger partial charge in [0.2, 0.25) is 0 Å². The average molecular weight is 243 g/mol. The maximum Gasteiger partial charge on any atom is 0.154 e. The fourth-order valence-electron chi connectivity index (χ4n) is 1.27. The molecule has 1 heterocycles. The van der Waals surface area contributed by atoms with Crippen LogP contribution in [0.2, 0.25) is 0 Å². The quantitative estimate of drug-likeness (QED) is 0.804. The van der Waals surface area contributed by atoms with Crippen LogP contribution in [-0.2, 0) is 22.0 Å². The lowest BCUT2D eigenvalue weighted by molar-refractivity contribution is 0.598. The summed E-state index contributed by atoms with van der Waals surface area (Å²) in [6.07, 6.45) is 4.26. The normalized spacial score (nSPS) is 13.7. The van der Waals surface area contributed by atoms with Crippen LogP contribution >= 0.6 is 0 Å². The molecule has 0 aliphatic rings. The molecule has 0 fully saturated rings. The molecular weight excluding hydrogens is 226 g/mol. The number of sulfone groups is 1. The van der Waals surface area contributed by atoms with Gasteiger partial charge in [-0.25, -0.2) is 18.4 Å². The van der Waals surface area contributed by atoms with E-state index in [1.807, 2.05) is 6.92 Å². The molecule has 5 nitrogen and oxygen atoms in total. The zero-order valence-electron chi connectivity index (χ0n) is 9.55. The molecule has 6 heteroatoms. The van der Waals surface area contributed by atoms with Gasteiger partial charge >= 0.3 is 0 Å². The number of hydrogen-bond acceptors (Lipinski definition) is 5. The van der Waals surface area contributed by atoms with Gasteiger partial charge in [0.05, 0.1) is 0 Å². The maximum absolute atomic E-state index is 11.1. The second-order valence-corrected chi connectivity index (χ2v) is 6.05. The Morgan fingerprint density at radius 1 is 1.50 bits per heavy atom. The first-order valence-electron chi connectivity index (χ1n) is 5.15. The predicted molar refractivity (Wildman–Crippen MR) is 62.6 cm³/mol. The third-order valence-corrected chi connectivity index (χ3v) is 2.93. The van der Waals surface area contributed by atoms with Crippen LogP contribution < -0.4 is 5.73 Å². The van der Waals surface area contributed by atoms with Gasteiger partial charge in [0.25, 0.3) is 0 Å². The Morgan fingerprint density at radius 3 is 2.75 bits per heavy atom. The standard InChI is InChI=1S/C10H17N3O2S/c1-3-8(11)6-9-4-5-12-10(13-9)7-16(2,14)15/h4-5,8H,3,6-7,11H2,1-2H3. The molecule has 2 N–H and O–H groups in total. The first-order valence-corrected chi connectivity index (χ1v) is 7.21. The van der Waals surface area contributed by atoms with Gasteiger partial charge in [0, 0.05) is 30.6 Å². The highest BCUT2D eigenvalue weighted by Crippen LogP contribution is 2.03. The maximum atomic E-state index is 11.1. The van der Waals surface area contributed by atoms with Gasteiger partial charge in [-0.1, -0.05) is 6.92 Å². The van der Waals surface area contributed by atoms with Gasteiger partial charge in [-0.15, -0.1) is 0 Å². The van der Waals surface area contributed by atoms with E-state index in [9.17, 15) is 8.42 Å². The molecule has 0 radical (unpaired) electrons. The molecule has 16 heavy (non-hydrogen) atoms. The van der Waals surface area contributed by atoms with Crippen molar-refractivity contribution in [3.63, 3.8) is 0 Å². The van der Waals surface area contributed by atoms with E-state index in [-0.39, 0.29) is 11.8 Å². The summed E-state index contributed by atoms with van der Waals surface area (Å²) in [5.41, 5.74) is 6.60. The molecule has 1 rings (SSSR count). The fraction of sp³-hybridized carbons (Fsp3) is 0.600. The van der Waals surface area contributed by atoms with E-state index in [1.165, 1.54) is 6.26 Å². The molecule has 1 aromatic heterocycles. The first-order chi connectivity index (χ1) is 7.40. The van der Waals surface area contributed by atoms with Gasteiger partial charge in [0.1, 0.15) is 11.6 Å². The number of aromatic nitrogens is 2. The topological polar surface area (TPSA) is 85.9 Å². The van der Waals surface area contributed by atoms with Crippen LogP contribution in [0.5, 0.6) is 0 Å². The summed E-state index contributed by atoms with van der Waals surface area (Å²) < 4.78 is 22.2. The van der Waals surface area contributed by atoms with E-state index in [0.717, 1.165) is 12.1 Å². The van der Waals surface area contributed by atoms with E-state index >= 15 is 0 Å². The third-order valence-electron chi connectivity index (χ3n) is 2.15. The van der Waals surface area contributed by atoms with E-state index in [1.54, 1.807) is 12.3 Å². The summed E-state index contributed by atoms with van der Waals surface area (Å²) in [6.45, 7) is 2.00. The molecule has 0 saturated heterocycles. The monoisotopic (exact) mass is 243 g/mol. The van der Waals surface area contributed by atoms with Gasteiger partial charge in [-0.2, -0.15) is 0 Å². The summed E-state index contributed by atoms with van der Waals surface area (Å²) in [7, 11) is -3.08. The molecule has 0 amide bonds. The highest BCUT2D eigenvalue weighted by atomic mass is 32.2. The van der Waals surface area contributed by atoms with Crippen molar-refractivity contribution in [1.82, 2.24) is 9.97 Å². The third kappa shape index (κ3) is 4.67. The minimum Gasteiger partial charge on any atom is -0.327 e. The van der Waals surface area contributed by atoms with Gasteiger partial charge in [-0.05, 0) is 12.5 Å². The van der Waals surface area contributed by atoms with Gasteiger partial charge in [-0.3, -0.25) is 0 Å². The molecule has 1 atom stereocenters. The molecule has 0 aliphatic carbocycles. The van der Waals surface area contributed by atoms with Crippen LogP contribution in [0, 0.1) is 0 Å². The van der Waals surface area contributed by atoms with Gasteiger partial charge in [0.15, 0.2) is 9.84 Å². The lowest BCUT2D eigenvalue weighted by Gasteiger charge is -2.08. The number of nitrogens with zero attached hydrogens (tertiary/aromatic N) is 2. The molecule has 90 valence electrons. The minimum absolute atomic E-state index is 0.0565. The van der Waals surface area contributed by atoms with Crippen molar-refractivity contribution in [3.8, 4) is 0 Å². The number of nitrogens with two attached hydrogens (primary N) is 1.